The van der Waals surface area contributed by atoms with E-state index in [4.69, 9.17) is 4.74 Å². The summed E-state index contributed by atoms with van der Waals surface area (Å²) in [4.78, 5) is 12.3. The molecule has 0 atom stereocenters. The zero-order valence-corrected chi connectivity index (χ0v) is 13.2. The van der Waals surface area contributed by atoms with Crippen molar-refractivity contribution in [3.63, 3.8) is 0 Å². The van der Waals surface area contributed by atoms with Gasteiger partial charge in [-0.1, -0.05) is 17.4 Å². The molecule has 1 amide bonds. The number of rotatable bonds is 5. The van der Waals surface area contributed by atoms with Gasteiger partial charge in [0.25, 0.3) is 5.91 Å². The summed E-state index contributed by atoms with van der Waals surface area (Å²) in [5.41, 5.74) is 2.16. The van der Waals surface area contributed by atoms with Crippen LogP contribution >= 0.6 is 11.3 Å². The standard InChI is InChI=1S/C13H13N7O2S/c1-8-3-4-9(5-10(8)20-7-14-18-19-20)12(21)15-13-17-16-11(23-13)6-22-2/h3-5,7H,6H2,1-2H3,(H,15,17,21). The molecule has 2 heterocycles. The summed E-state index contributed by atoms with van der Waals surface area (Å²) in [6, 6.07) is 5.29. The maximum Gasteiger partial charge on any atom is 0.257 e. The highest BCUT2D eigenvalue weighted by molar-refractivity contribution is 7.15. The first-order valence-electron chi connectivity index (χ1n) is 6.64. The number of aryl methyl sites for hydroxylation is 1. The minimum Gasteiger partial charge on any atom is -0.377 e. The number of nitrogens with one attached hydrogen (secondary N) is 1. The molecule has 3 rings (SSSR count). The van der Waals surface area contributed by atoms with E-state index >= 15 is 0 Å². The number of amides is 1. The Morgan fingerprint density at radius 2 is 2.26 bits per heavy atom. The molecule has 0 unspecified atom stereocenters. The van der Waals surface area contributed by atoms with Crippen LogP contribution in [0.15, 0.2) is 24.5 Å². The van der Waals surface area contributed by atoms with Gasteiger partial charge in [0.05, 0.1) is 5.69 Å². The second-order valence-electron chi connectivity index (χ2n) is 4.64. The van der Waals surface area contributed by atoms with Crippen LogP contribution in [0.1, 0.15) is 20.9 Å². The molecule has 0 bridgehead atoms. The summed E-state index contributed by atoms with van der Waals surface area (Å²) in [7, 11) is 1.58. The minimum atomic E-state index is -0.278. The van der Waals surface area contributed by atoms with Gasteiger partial charge >= 0.3 is 0 Å². The maximum atomic E-state index is 12.3. The lowest BCUT2D eigenvalue weighted by Gasteiger charge is -2.07. The predicted octanol–water partition coefficient (Wildman–Crippen LogP) is 1.22. The Morgan fingerprint density at radius 1 is 1.39 bits per heavy atom. The predicted molar refractivity (Wildman–Crippen MR) is 82.5 cm³/mol. The van der Waals surface area contributed by atoms with Gasteiger partial charge in [-0.05, 0) is 35.0 Å². The number of ether oxygens (including phenoxy) is 1. The number of benzene rings is 1. The summed E-state index contributed by atoms with van der Waals surface area (Å²) < 4.78 is 6.48. The fourth-order valence-corrected chi connectivity index (χ4v) is 2.63. The summed E-state index contributed by atoms with van der Waals surface area (Å²) in [5, 5.41) is 22.7. The summed E-state index contributed by atoms with van der Waals surface area (Å²) in [6.07, 6.45) is 1.48. The summed E-state index contributed by atoms with van der Waals surface area (Å²) in [6.45, 7) is 2.28. The fraction of sp³-hybridized carbons (Fsp3) is 0.231. The number of aromatic nitrogens is 6. The second-order valence-corrected chi connectivity index (χ2v) is 5.71. The van der Waals surface area contributed by atoms with Crippen molar-refractivity contribution in [3.05, 3.63) is 40.7 Å². The molecule has 1 N–H and O–H groups in total. The molecule has 0 saturated carbocycles. The molecule has 1 aromatic carbocycles. The average molecular weight is 331 g/mol. The van der Waals surface area contributed by atoms with E-state index in [1.807, 2.05) is 13.0 Å². The quantitative estimate of drug-likeness (QED) is 0.749. The topological polar surface area (TPSA) is 108 Å². The Kier molecular flexibility index (Phi) is 4.35. The monoisotopic (exact) mass is 331 g/mol. The number of hydrogen-bond donors (Lipinski definition) is 1. The van der Waals surface area contributed by atoms with Gasteiger partial charge in [-0.3, -0.25) is 10.1 Å². The first kappa shape index (κ1) is 15.2. The summed E-state index contributed by atoms with van der Waals surface area (Å²) >= 11 is 1.27. The van der Waals surface area contributed by atoms with E-state index in [0.717, 1.165) is 11.3 Å². The Labute approximate surface area is 135 Å². The van der Waals surface area contributed by atoms with Crippen molar-refractivity contribution in [1.82, 2.24) is 30.4 Å². The van der Waals surface area contributed by atoms with Gasteiger partial charge in [-0.25, -0.2) is 4.68 Å². The van der Waals surface area contributed by atoms with Crippen molar-refractivity contribution in [2.45, 2.75) is 13.5 Å². The van der Waals surface area contributed by atoms with Gasteiger partial charge in [0, 0.05) is 12.7 Å². The lowest BCUT2D eigenvalue weighted by atomic mass is 10.1. The lowest BCUT2D eigenvalue weighted by Crippen LogP contribution is -2.12. The first-order valence-corrected chi connectivity index (χ1v) is 7.45. The van der Waals surface area contributed by atoms with Gasteiger partial charge in [0.2, 0.25) is 5.13 Å². The van der Waals surface area contributed by atoms with E-state index < -0.39 is 0 Å². The highest BCUT2D eigenvalue weighted by Crippen LogP contribution is 2.19. The van der Waals surface area contributed by atoms with Crippen LogP contribution in [0.25, 0.3) is 5.69 Å². The molecule has 0 aliphatic carbocycles. The molecule has 0 saturated heterocycles. The molecule has 10 heteroatoms. The van der Waals surface area contributed by atoms with Crippen molar-refractivity contribution < 1.29 is 9.53 Å². The number of nitrogens with zero attached hydrogens (tertiary/aromatic N) is 6. The first-order chi connectivity index (χ1) is 11.2. The number of anilines is 1. The highest BCUT2D eigenvalue weighted by atomic mass is 32.1. The van der Waals surface area contributed by atoms with E-state index in [1.54, 1.807) is 19.2 Å². The van der Waals surface area contributed by atoms with Gasteiger partial charge in [-0.15, -0.1) is 15.3 Å². The number of hydrogen-bond acceptors (Lipinski definition) is 8. The molecule has 9 nitrogen and oxygen atoms in total. The van der Waals surface area contributed by atoms with Crippen LogP contribution in [0.2, 0.25) is 0 Å². The molecular formula is C13H13N7O2S. The molecule has 0 aliphatic heterocycles. The third kappa shape index (κ3) is 3.38. The SMILES string of the molecule is COCc1nnc(NC(=O)c2ccc(C)c(-n3cnnn3)c2)s1. The highest BCUT2D eigenvalue weighted by Gasteiger charge is 2.13. The van der Waals surface area contributed by atoms with Crippen LogP contribution in [0.4, 0.5) is 5.13 Å². The van der Waals surface area contributed by atoms with Crippen LogP contribution in [0.3, 0.4) is 0 Å². The van der Waals surface area contributed by atoms with E-state index in [1.165, 1.54) is 22.3 Å². The molecule has 0 radical (unpaired) electrons. The van der Waals surface area contributed by atoms with E-state index in [2.05, 4.69) is 31.0 Å². The molecule has 2 aromatic heterocycles. The Bertz CT molecular complexity index is 816. The van der Waals surface area contributed by atoms with E-state index in [-0.39, 0.29) is 5.91 Å². The van der Waals surface area contributed by atoms with Gasteiger partial charge < -0.3 is 4.74 Å². The zero-order valence-electron chi connectivity index (χ0n) is 12.4. The van der Waals surface area contributed by atoms with Crippen LogP contribution < -0.4 is 5.32 Å². The van der Waals surface area contributed by atoms with Crippen molar-refractivity contribution in [1.29, 1.82) is 0 Å². The normalized spacial score (nSPS) is 10.7. The number of carbonyl (C=O) groups is 1. The van der Waals surface area contributed by atoms with Gasteiger partial charge in [-0.2, -0.15) is 0 Å². The third-order valence-electron chi connectivity index (χ3n) is 3.02. The van der Waals surface area contributed by atoms with E-state index in [9.17, 15) is 4.79 Å². The van der Waals surface area contributed by atoms with Gasteiger partial charge in [0.1, 0.15) is 17.9 Å². The second kappa shape index (κ2) is 6.58. The number of methoxy groups -OCH3 is 1. The zero-order chi connectivity index (χ0) is 16.2. The van der Waals surface area contributed by atoms with Crippen LogP contribution in [-0.2, 0) is 11.3 Å². The minimum absolute atomic E-state index is 0.278. The van der Waals surface area contributed by atoms with Crippen molar-refractivity contribution in [2.75, 3.05) is 12.4 Å². The Balaban J connectivity index is 1.80. The molecule has 0 aliphatic rings. The van der Waals surface area contributed by atoms with Crippen molar-refractivity contribution in [2.24, 2.45) is 0 Å². The number of tetrazole rings is 1. The van der Waals surface area contributed by atoms with Crippen LogP contribution in [0, 0.1) is 6.92 Å². The van der Waals surface area contributed by atoms with Crippen molar-refractivity contribution >= 4 is 22.4 Å². The maximum absolute atomic E-state index is 12.3. The fourth-order valence-electron chi connectivity index (χ4n) is 1.92. The molecule has 3 aromatic rings. The third-order valence-corrected chi connectivity index (χ3v) is 3.83. The summed E-state index contributed by atoms with van der Waals surface area (Å²) in [5.74, 6) is -0.278. The Morgan fingerprint density at radius 3 is 3.00 bits per heavy atom. The molecule has 0 fully saturated rings. The molecule has 118 valence electrons. The smallest absolute Gasteiger partial charge is 0.257 e. The van der Waals surface area contributed by atoms with Crippen molar-refractivity contribution in [3.8, 4) is 5.69 Å². The van der Waals surface area contributed by atoms with Crippen LogP contribution in [0.5, 0.6) is 0 Å². The lowest BCUT2D eigenvalue weighted by molar-refractivity contribution is 0.102. The molecule has 0 spiro atoms. The van der Waals surface area contributed by atoms with Gasteiger partial charge in [0.15, 0.2) is 0 Å². The van der Waals surface area contributed by atoms with E-state index in [0.29, 0.717) is 22.3 Å². The number of carbonyl (C=O) groups excluding carboxylic acids is 1. The molecule has 23 heavy (non-hydrogen) atoms. The Hall–Kier alpha value is -2.72. The van der Waals surface area contributed by atoms with Crippen LogP contribution in [-0.4, -0.2) is 43.4 Å². The largest absolute Gasteiger partial charge is 0.377 e. The molecular weight excluding hydrogens is 318 g/mol. The average Bonchev–Trinajstić information content (AvgIpc) is 3.20.